The van der Waals surface area contributed by atoms with Crippen LogP contribution in [0.25, 0.3) is 0 Å². The van der Waals surface area contributed by atoms with Gasteiger partial charge in [-0.3, -0.25) is 0 Å². The Balaban J connectivity index is 5.02. The molecule has 0 nitrogen and oxygen atoms in total. The Labute approximate surface area is 93.1 Å². The molecule has 0 saturated heterocycles. The monoisotopic (exact) mass is 428 g/mol. The molecular formula is C9H27BiSi3. The molecule has 0 aliphatic heterocycles. The molecule has 0 heterocycles. The minimum atomic E-state index is -1.09. The summed E-state index contributed by atoms with van der Waals surface area (Å²) in [4.78, 5) is 0. The molecule has 80 valence electrons. The van der Waals surface area contributed by atoms with Gasteiger partial charge in [0.15, 0.2) is 0 Å². The van der Waals surface area contributed by atoms with Crippen LogP contribution in [-0.4, -0.2) is 34.8 Å². The van der Waals surface area contributed by atoms with Gasteiger partial charge in [-0.2, -0.15) is 0 Å². The zero-order valence-electron chi connectivity index (χ0n) is 10.9. The molecule has 0 rings (SSSR count). The van der Waals surface area contributed by atoms with E-state index in [2.05, 4.69) is 58.9 Å². The van der Waals surface area contributed by atoms with Crippen molar-refractivity contribution in [2.75, 3.05) is 0 Å². The van der Waals surface area contributed by atoms with Gasteiger partial charge in [0, 0.05) is 0 Å². The molecule has 0 atom stereocenters. The van der Waals surface area contributed by atoms with Gasteiger partial charge in [-0.05, 0) is 0 Å². The quantitative estimate of drug-likeness (QED) is 0.601. The van der Waals surface area contributed by atoms with Gasteiger partial charge in [-0.1, -0.05) is 0 Å². The van der Waals surface area contributed by atoms with E-state index in [1.54, 1.807) is 0 Å². The Kier molecular flexibility index (Phi) is 4.68. The minimum absolute atomic E-state index is 0.730. The van der Waals surface area contributed by atoms with Crippen LogP contribution >= 0.6 is 0 Å². The predicted octanol–water partition coefficient (Wildman–Crippen LogP) is 3.73. The van der Waals surface area contributed by atoms with Crippen molar-refractivity contribution in [3.05, 3.63) is 0 Å². The van der Waals surface area contributed by atoms with Gasteiger partial charge < -0.3 is 0 Å². The third-order valence-electron chi connectivity index (χ3n) is 2.01. The molecule has 0 N–H and O–H groups in total. The standard InChI is InChI=1S/3C3H9Si.Bi/c3*1-4(2)3;/h3*1-3H3;. The Morgan fingerprint density at radius 3 is 0.615 bits per heavy atom. The molecule has 0 aromatic heterocycles. The molecule has 13 heavy (non-hydrogen) atoms. The van der Waals surface area contributed by atoms with Crippen molar-refractivity contribution in [3.63, 3.8) is 0 Å². The van der Waals surface area contributed by atoms with Crippen molar-refractivity contribution in [1.29, 1.82) is 0 Å². The molecule has 4 heteroatoms. The second kappa shape index (κ2) is 4.19. The van der Waals surface area contributed by atoms with E-state index in [-0.39, 0.29) is 0 Å². The number of hydrogen-bond donors (Lipinski definition) is 0. The second-order valence-electron chi connectivity index (χ2n) is 6.85. The Bertz CT molecular complexity index is 137. The van der Waals surface area contributed by atoms with Crippen molar-refractivity contribution >= 4 is 34.8 Å². The van der Waals surface area contributed by atoms with Gasteiger partial charge in [-0.15, -0.1) is 0 Å². The van der Waals surface area contributed by atoms with Crippen LogP contribution in [-0.2, 0) is 0 Å². The molecular weight excluding hydrogens is 401 g/mol. The summed E-state index contributed by atoms with van der Waals surface area (Å²) in [7, 11) is 0. The maximum atomic E-state index is 2.65. The van der Waals surface area contributed by atoms with E-state index < -0.39 is 34.8 Å². The summed E-state index contributed by atoms with van der Waals surface area (Å²) >= 11 is -1.09. The van der Waals surface area contributed by atoms with Crippen molar-refractivity contribution in [1.82, 2.24) is 0 Å². The van der Waals surface area contributed by atoms with E-state index in [1.807, 2.05) is 0 Å². The number of rotatable bonds is 3. The van der Waals surface area contributed by atoms with Crippen molar-refractivity contribution in [3.8, 4) is 0 Å². The van der Waals surface area contributed by atoms with E-state index in [1.165, 1.54) is 0 Å². The zero-order valence-corrected chi connectivity index (χ0v) is 17.4. The third-order valence-corrected chi connectivity index (χ3v) is 159. The first-order valence-corrected chi connectivity index (χ1v) is 31.2. The van der Waals surface area contributed by atoms with Crippen molar-refractivity contribution in [2.45, 2.75) is 58.9 Å². The molecule has 0 aromatic rings. The van der Waals surface area contributed by atoms with Crippen LogP contribution in [0.1, 0.15) is 0 Å². The fourth-order valence-electron chi connectivity index (χ4n) is 3.02. The van der Waals surface area contributed by atoms with Crippen LogP contribution in [0, 0.1) is 0 Å². The summed E-state index contributed by atoms with van der Waals surface area (Å²) < 4.78 is 0. The van der Waals surface area contributed by atoms with E-state index in [0.717, 1.165) is 0 Å². The fourth-order valence-corrected chi connectivity index (χ4v) is 238. The average Bonchev–Trinajstić information content (AvgIpc) is 1.44. The van der Waals surface area contributed by atoms with Gasteiger partial charge >= 0.3 is 93.8 Å². The first-order valence-electron chi connectivity index (χ1n) is 5.17. The number of hydrogen-bond acceptors (Lipinski definition) is 0. The summed E-state index contributed by atoms with van der Waals surface area (Å²) in [5, 5.41) is -2.19. The maximum absolute atomic E-state index is 2.65. The third kappa shape index (κ3) is 4.72. The van der Waals surface area contributed by atoms with Crippen LogP contribution in [0.5, 0.6) is 0 Å². The van der Waals surface area contributed by atoms with E-state index >= 15 is 0 Å². The molecule has 0 aliphatic carbocycles. The Morgan fingerprint density at radius 2 is 0.615 bits per heavy atom. The molecule has 0 spiro atoms. The van der Waals surface area contributed by atoms with Gasteiger partial charge in [0.25, 0.3) is 0 Å². The molecule has 0 aliphatic rings. The molecule has 0 aromatic carbocycles. The van der Waals surface area contributed by atoms with Gasteiger partial charge in [0.1, 0.15) is 0 Å². The SMILES string of the molecule is C[Si](C)(C)[Bi]([Si](C)(C)C)[Si](C)(C)C. The van der Waals surface area contributed by atoms with Crippen LogP contribution < -0.4 is 0 Å². The normalized spacial score (nSPS) is 15.2. The fraction of sp³-hybridized carbons (Fsp3) is 1.00. The van der Waals surface area contributed by atoms with Crippen LogP contribution in [0.3, 0.4) is 0 Å². The first-order chi connectivity index (χ1) is 5.37. The second-order valence-corrected chi connectivity index (χ2v) is 93.0. The molecule has 0 amide bonds. The van der Waals surface area contributed by atoms with Crippen molar-refractivity contribution in [2.24, 2.45) is 0 Å². The molecule has 0 radical (unpaired) electrons. The first kappa shape index (κ1) is 14.5. The Morgan fingerprint density at radius 1 is 0.462 bits per heavy atom. The summed E-state index contributed by atoms with van der Waals surface area (Å²) in [5.74, 6) is 0. The van der Waals surface area contributed by atoms with Gasteiger partial charge in [0.05, 0.1) is 0 Å². The van der Waals surface area contributed by atoms with Crippen LogP contribution in [0.15, 0.2) is 0 Å². The average molecular weight is 429 g/mol. The summed E-state index contributed by atoms with van der Waals surface area (Å²) in [6.07, 6.45) is 0. The predicted molar refractivity (Wildman–Crippen MR) is 75.8 cm³/mol. The summed E-state index contributed by atoms with van der Waals surface area (Å²) in [5.41, 5.74) is 0. The van der Waals surface area contributed by atoms with E-state index in [9.17, 15) is 0 Å². The van der Waals surface area contributed by atoms with Crippen LogP contribution in [0.2, 0.25) is 58.9 Å². The van der Waals surface area contributed by atoms with Crippen molar-refractivity contribution < 1.29 is 0 Å². The molecule has 0 bridgehead atoms. The van der Waals surface area contributed by atoms with Gasteiger partial charge in [0.2, 0.25) is 0 Å². The summed E-state index contributed by atoms with van der Waals surface area (Å²) in [6, 6.07) is 0. The Hall–Kier alpha value is 1.53. The topological polar surface area (TPSA) is 0 Å². The zero-order chi connectivity index (χ0) is 11.1. The van der Waals surface area contributed by atoms with E-state index in [0.29, 0.717) is 0 Å². The van der Waals surface area contributed by atoms with E-state index in [4.69, 9.17) is 0 Å². The summed E-state index contributed by atoms with van der Waals surface area (Å²) in [6.45, 7) is 23.9. The van der Waals surface area contributed by atoms with Crippen LogP contribution in [0.4, 0.5) is 0 Å². The van der Waals surface area contributed by atoms with Gasteiger partial charge in [-0.25, -0.2) is 0 Å². The molecule has 0 saturated carbocycles. The molecule has 0 fully saturated rings. The molecule has 0 unspecified atom stereocenters.